The van der Waals surface area contributed by atoms with Crippen molar-refractivity contribution >= 4 is 23.2 Å². The van der Waals surface area contributed by atoms with Gasteiger partial charge in [0.25, 0.3) is 5.91 Å². The zero-order chi connectivity index (χ0) is 29.1. The molecule has 39 heavy (non-hydrogen) atoms. The van der Waals surface area contributed by atoms with Crippen LogP contribution in [0.2, 0.25) is 0 Å². The quantitative estimate of drug-likeness (QED) is 0.272. The van der Waals surface area contributed by atoms with Crippen molar-refractivity contribution in [1.29, 1.82) is 0 Å². The Morgan fingerprint density at radius 1 is 1.18 bits per heavy atom. The average molecular weight is 543 g/mol. The van der Waals surface area contributed by atoms with E-state index in [9.17, 15) is 34.8 Å². The molecule has 0 radical (unpaired) electrons. The first-order chi connectivity index (χ1) is 18.1. The summed E-state index contributed by atoms with van der Waals surface area (Å²) in [6, 6.07) is 0.815. The van der Waals surface area contributed by atoms with Gasteiger partial charge in [0.2, 0.25) is 5.78 Å². The lowest BCUT2D eigenvalue weighted by molar-refractivity contribution is -0.148. The fourth-order valence-corrected chi connectivity index (χ4v) is 6.38. The number of phenolic OH excluding ortho intramolecular Hbond substituents is 1. The average Bonchev–Trinajstić information content (AvgIpc) is 2.81. The van der Waals surface area contributed by atoms with E-state index in [-0.39, 0.29) is 29.7 Å². The second-order valence-corrected chi connectivity index (χ2v) is 11.6. The number of hydrogen-bond acceptors (Lipinski definition) is 10. The summed E-state index contributed by atoms with van der Waals surface area (Å²) in [5.41, 5.74) is 3.60. The third-order valence-corrected chi connectivity index (χ3v) is 8.13. The molecule has 0 heterocycles. The standard InChI is InChI=1S/C28H38N4O7/c1-12(2)10-30-11-14-9-17(31(3)4)15-7-13-8-16-21(32(5)6)24(35)20(27(29)38)26(37)28(16,39)25(36)18(13)23(34)19(15)22(14)33/h9,12-13,16,21,30,33,35-36,39H,7-8,10-11H2,1-6H3,(H2,29,38)/t13-,16-,21+,28-/m0/s1. The minimum Gasteiger partial charge on any atom is -0.510 e. The summed E-state index contributed by atoms with van der Waals surface area (Å²) in [5, 5.41) is 48.6. The number of hydrogen-bond donors (Lipinski definition) is 6. The number of amides is 1. The third kappa shape index (κ3) is 4.29. The molecule has 1 aromatic carbocycles. The van der Waals surface area contributed by atoms with E-state index in [0.717, 1.165) is 5.69 Å². The van der Waals surface area contributed by atoms with Gasteiger partial charge >= 0.3 is 0 Å². The number of nitrogens with zero attached hydrogens (tertiary/aromatic N) is 2. The molecule has 11 heteroatoms. The van der Waals surface area contributed by atoms with Gasteiger partial charge in [-0.25, -0.2) is 0 Å². The Balaban J connectivity index is 1.91. The van der Waals surface area contributed by atoms with Crippen LogP contribution in [0, 0.1) is 17.8 Å². The molecule has 4 rings (SSSR count). The number of aliphatic hydroxyl groups is 3. The maximum atomic E-state index is 14.0. The highest BCUT2D eigenvalue weighted by molar-refractivity contribution is 6.24. The number of ketones is 2. The van der Waals surface area contributed by atoms with E-state index >= 15 is 0 Å². The number of aromatic hydroxyl groups is 1. The van der Waals surface area contributed by atoms with Gasteiger partial charge in [-0.2, -0.15) is 0 Å². The first kappa shape index (κ1) is 28.6. The minimum atomic E-state index is -2.65. The molecule has 0 unspecified atom stereocenters. The summed E-state index contributed by atoms with van der Waals surface area (Å²) in [7, 11) is 6.87. The topological polar surface area (TPSA) is 177 Å². The van der Waals surface area contributed by atoms with E-state index in [2.05, 4.69) is 19.2 Å². The maximum Gasteiger partial charge on any atom is 0.255 e. The number of Topliss-reactive ketones (excluding diaryl/α,β-unsaturated/α-hetero) is 2. The molecule has 4 atom stereocenters. The van der Waals surface area contributed by atoms with Crippen molar-refractivity contribution in [3.8, 4) is 5.75 Å². The van der Waals surface area contributed by atoms with E-state index in [1.165, 1.54) is 4.90 Å². The number of aliphatic hydroxyl groups excluding tert-OH is 2. The number of nitrogens with one attached hydrogen (secondary N) is 1. The maximum absolute atomic E-state index is 14.0. The molecule has 0 spiro atoms. The first-order valence-corrected chi connectivity index (χ1v) is 13.0. The van der Waals surface area contributed by atoms with Crippen molar-refractivity contribution in [2.24, 2.45) is 23.5 Å². The van der Waals surface area contributed by atoms with E-state index < -0.39 is 58.0 Å². The largest absolute Gasteiger partial charge is 0.510 e. The molecule has 11 nitrogen and oxygen atoms in total. The monoisotopic (exact) mass is 542 g/mol. The van der Waals surface area contributed by atoms with Gasteiger partial charge in [-0.15, -0.1) is 0 Å². The van der Waals surface area contributed by atoms with Crippen LogP contribution in [-0.2, 0) is 22.6 Å². The Morgan fingerprint density at radius 3 is 2.36 bits per heavy atom. The van der Waals surface area contributed by atoms with Crippen LogP contribution in [0.25, 0.3) is 0 Å². The number of allylic oxidation sites excluding steroid dienone is 1. The van der Waals surface area contributed by atoms with Crippen molar-refractivity contribution < 1.29 is 34.8 Å². The highest BCUT2D eigenvalue weighted by Gasteiger charge is 2.63. The predicted octanol–water partition coefficient (Wildman–Crippen LogP) is 0.932. The van der Waals surface area contributed by atoms with E-state index in [1.54, 1.807) is 14.1 Å². The van der Waals surface area contributed by atoms with Gasteiger partial charge in [0.1, 0.15) is 22.8 Å². The molecule has 0 saturated heterocycles. The highest BCUT2D eigenvalue weighted by Crippen LogP contribution is 2.53. The van der Waals surface area contributed by atoms with Crippen molar-refractivity contribution in [2.75, 3.05) is 39.6 Å². The summed E-state index contributed by atoms with van der Waals surface area (Å²) in [6.07, 6.45) is 0.298. The van der Waals surface area contributed by atoms with Crippen LogP contribution in [0.4, 0.5) is 5.69 Å². The lowest BCUT2D eigenvalue weighted by atomic mass is 9.58. The second-order valence-electron chi connectivity index (χ2n) is 11.6. The van der Waals surface area contributed by atoms with Gasteiger partial charge in [-0.05, 0) is 56.9 Å². The third-order valence-electron chi connectivity index (χ3n) is 8.13. The summed E-state index contributed by atoms with van der Waals surface area (Å²) >= 11 is 0. The first-order valence-electron chi connectivity index (χ1n) is 13.0. The van der Waals surface area contributed by atoms with Crippen molar-refractivity contribution in [1.82, 2.24) is 10.2 Å². The van der Waals surface area contributed by atoms with Crippen LogP contribution in [0.5, 0.6) is 5.75 Å². The molecule has 7 N–H and O–H groups in total. The van der Waals surface area contributed by atoms with Gasteiger partial charge < -0.3 is 36.4 Å². The number of likely N-dealkylation sites (N-methyl/N-ethyl adjacent to an activating group) is 1. The molecule has 3 aliphatic rings. The number of nitrogens with two attached hydrogens (primary N) is 1. The summed E-state index contributed by atoms with van der Waals surface area (Å²) < 4.78 is 0. The van der Waals surface area contributed by atoms with Gasteiger partial charge in [-0.1, -0.05) is 13.8 Å². The molecule has 0 fully saturated rings. The Labute approximate surface area is 227 Å². The van der Waals surface area contributed by atoms with Crippen LogP contribution in [0.15, 0.2) is 28.7 Å². The second kappa shape index (κ2) is 9.96. The molecule has 0 bridgehead atoms. The molecular weight excluding hydrogens is 504 g/mol. The fourth-order valence-electron chi connectivity index (χ4n) is 6.38. The number of fused-ring (bicyclic) bond motifs is 3. The Hall–Kier alpha value is -3.41. The number of primary amides is 1. The summed E-state index contributed by atoms with van der Waals surface area (Å²) in [5.74, 6) is -6.15. The molecule has 0 aromatic heterocycles. The van der Waals surface area contributed by atoms with Gasteiger partial charge in [-0.3, -0.25) is 19.3 Å². The predicted molar refractivity (Wildman–Crippen MR) is 145 cm³/mol. The minimum absolute atomic E-state index is 0.0170. The Kier molecular flexibility index (Phi) is 7.30. The van der Waals surface area contributed by atoms with Crippen molar-refractivity contribution in [3.63, 3.8) is 0 Å². The van der Waals surface area contributed by atoms with Crippen molar-refractivity contribution in [2.45, 2.75) is 44.9 Å². The lowest BCUT2D eigenvalue weighted by Crippen LogP contribution is -2.63. The molecule has 1 amide bonds. The van der Waals surface area contributed by atoms with Gasteiger partial charge in [0.15, 0.2) is 11.4 Å². The summed E-state index contributed by atoms with van der Waals surface area (Å²) in [6.45, 7) is 5.11. The van der Waals surface area contributed by atoms with Crippen LogP contribution in [-0.4, -0.2) is 89.2 Å². The van der Waals surface area contributed by atoms with E-state index in [1.807, 2.05) is 25.1 Å². The molecule has 3 aliphatic carbocycles. The number of carbonyl (C=O) groups excluding carboxylic acids is 3. The number of phenols is 1. The highest BCUT2D eigenvalue weighted by atomic mass is 16.3. The van der Waals surface area contributed by atoms with Crippen LogP contribution in [0.3, 0.4) is 0 Å². The zero-order valence-corrected chi connectivity index (χ0v) is 23.2. The molecule has 0 saturated carbocycles. The summed E-state index contributed by atoms with van der Waals surface area (Å²) in [4.78, 5) is 42.9. The van der Waals surface area contributed by atoms with Crippen LogP contribution < -0.4 is 16.0 Å². The van der Waals surface area contributed by atoms with Gasteiger partial charge in [0, 0.05) is 43.4 Å². The normalized spacial score (nSPS) is 26.6. The lowest BCUT2D eigenvalue weighted by Gasteiger charge is -2.50. The Bertz CT molecular complexity index is 1310. The molecular formula is C28H38N4O7. The van der Waals surface area contributed by atoms with E-state index in [0.29, 0.717) is 30.1 Å². The Morgan fingerprint density at radius 2 is 1.82 bits per heavy atom. The molecule has 212 valence electrons. The number of anilines is 1. The molecule has 0 aliphatic heterocycles. The number of carbonyl (C=O) groups is 3. The number of rotatable bonds is 7. The van der Waals surface area contributed by atoms with Crippen molar-refractivity contribution in [3.05, 3.63) is 45.4 Å². The van der Waals surface area contributed by atoms with E-state index in [4.69, 9.17) is 5.73 Å². The zero-order valence-electron chi connectivity index (χ0n) is 23.2. The smallest absolute Gasteiger partial charge is 0.255 e. The number of benzene rings is 1. The van der Waals surface area contributed by atoms with Gasteiger partial charge in [0.05, 0.1) is 11.6 Å². The van der Waals surface area contributed by atoms with Crippen LogP contribution >= 0.6 is 0 Å². The molecule has 1 aromatic rings. The van der Waals surface area contributed by atoms with Crippen LogP contribution in [0.1, 0.15) is 41.8 Å². The SMILES string of the molecule is CC(C)CNCc1cc(N(C)C)c2c(c1O)C(=O)C1=C(O)[C@]3(O)C(=O)C(C(N)=O)=C(O)[C@H](N(C)C)[C@@H]3C[C@@H]1C2. The fraction of sp³-hybridized carbons (Fsp3) is 0.536.